The van der Waals surface area contributed by atoms with Gasteiger partial charge in [-0.25, -0.2) is 0 Å². The number of hydrogen-bond donors (Lipinski definition) is 3. The van der Waals surface area contributed by atoms with E-state index >= 15 is 0 Å². The maximum absolute atomic E-state index is 5.42. The molecule has 3 heteroatoms. The summed E-state index contributed by atoms with van der Waals surface area (Å²) < 4.78 is 0. The van der Waals surface area contributed by atoms with Gasteiger partial charge in [-0.05, 0) is 19.3 Å². The maximum atomic E-state index is 5.42. The molecule has 0 saturated heterocycles. The summed E-state index contributed by atoms with van der Waals surface area (Å²) in [5.74, 6) is 5.42. The SMILES string of the molecule is CC.CC.CCCCCCN/C=C(/CCCC)NN. The van der Waals surface area contributed by atoms with E-state index in [1.165, 1.54) is 38.5 Å². The van der Waals surface area contributed by atoms with Gasteiger partial charge in [-0.2, -0.15) is 0 Å². The molecule has 0 unspecified atom stereocenters. The Kier molecular flexibility index (Phi) is 32.0. The van der Waals surface area contributed by atoms with Crippen LogP contribution in [-0.2, 0) is 0 Å². The Morgan fingerprint density at radius 1 is 0.895 bits per heavy atom. The van der Waals surface area contributed by atoms with Crippen LogP contribution in [0.25, 0.3) is 0 Å². The summed E-state index contributed by atoms with van der Waals surface area (Å²) in [5.41, 5.74) is 3.84. The zero-order valence-electron chi connectivity index (χ0n) is 14.3. The highest BCUT2D eigenvalue weighted by molar-refractivity contribution is 4.96. The highest BCUT2D eigenvalue weighted by Crippen LogP contribution is 2.02. The van der Waals surface area contributed by atoms with E-state index in [1.807, 2.05) is 33.9 Å². The van der Waals surface area contributed by atoms with E-state index in [4.69, 9.17) is 5.84 Å². The molecule has 0 rings (SSSR count). The van der Waals surface area contributed by atoms with Crippen LogP contribution in [0.3, 0.4) is 0 Å². The van der Waals surface area contributed by atoms with Crippen molar-refractivity contribution in [2.45, 2.75) is 86.5 Å². The number of nitrogens with one attached hydrogen (secondary N) is 2. The Balaban J connectivity index is -0.000000579. The molecule has 0 aromatic rings. The normalized spacial score (nSPS) is 9.74. The first-order chi connectivity index (χ1) is 9.35. The van der Waals surface area contributed by atoms with Gasteiger partial charge in [0.2, 0.25) is 0 Å². The zero-order chi connectivity index (χ0) is 15.4. The van der Waals surface area contributed by atoms with Crippen LogP contribution in [0.5, 0.6) is 0 Å². The highest BCUT2D eigenvalue weighted by atomic mass is 15.2. The Bertz CT molecular complexity index is 156. The van der Waals surface area contributed by atoms with Gasteiger partial charge in [-0.1, -0.05) is 67.2 Å². The minimum atomic E-state index is 1.04. The number of hydrazine groups is 1. The Hall–Kier alpha value is -0.700. The van der Waals surface area contributed by atoms with Crippen LogP contribution in [0, 0.1) is 0 Å². The second-order valence-corrected chi connectivity index (χ2v) is 3.93. The molecule has 0 amide bonds. The Morgan fingerprint density at radius 3 is 1.95 bits per heavy atom. The minimum absolute atomic E-state index is 1.04. The third kappa shape index (κ3) is 22.9. The van der Waals surface area contributed by atoms with E-state index < -0.39 is 0 Å². The average Bonchev–Trinajstić information content (AvgIpc) is 2.50. The molecular formula is C16H39N3. The molecule has 4 N–H and O–H groups in total. The van der Waals surface area contributed by atoms with Gasteiger partial charge in [0.05, 0.1) is 0 Å². The van der Waals surface area contributed by atoms with Gasteiger partial charge < -0.3 is 10.7 Å². The molecule has 0 aliphatic carbocycles. The third-order valence-electron chi connectivity index (χ3n) is 2.44. The third-order valence-corrected chi connectivity index (χ3v) is 2.44. The van der Waals surface area contributed by atoms with Gasteiger partial charge in [0.15, 0.2) is 0 Å². The van der Waals surface area contributed by atoms with Crippen LogP contribution in [0.15, 0.2) is 11.9 Å². The minimum Gasteiger partial charge on any atom is -0.389 e. The molecule has 0 aromatic carbocycles. The van der Waals surface area contributed by atoms with E-state index in [0.717, 1.165) is 18.7 Å². The fourth-order valence-electron chi connectivity index (χ4n) is 1.40. The van der Waals surface area contributed by atoms with Gasteiger partial charge in [0.25, 0.3) is 0 Å². The smallest absolute Gasteiger partial charge is 0.0415 e. The molecule has 3 nitrogen and oxygen atoms in total. The predicted octanol–water partition coefficient (Wildman–Crippen LogP) is 4.70. The van der Waals surface area contributed by atoms with Gasteiger partial charge in [0, 0.05) is 18.4 Å². The molecule has 0 bridgehead atoms. The van der Waals surface area contributed by atoms with Crippen molar-refractivity contribution in [2.75, 3.05) is 6.54 Å². The second-order valence-electron chi connectivity index (χ2n) is 3.93. The topological polar surface area (TPSA) is 50.1 Å². The lowest BCUT2D eigenvalue weighted by Crippen LogP contribution is -2.23. The van der Waals surface area contributed by atoms with Crippen molar-refractivity contribution >= 4 is 0 Å². The lowest BCUT2D eigenvalue weighted by atomic mass is 10.2. The van der Waals surface area contributed by atoms with Crippen LogP contribution in [-0.4, -0.2) is 6.54 Å². The van der Waals surface area contributed by atoms with Crippen LogP contribution >= 0.6 is 0 Å². The van der Waals surface area contributed by atoms with E-state index in [9.17, 15) is 0 Å². The molecule has 0 radical (unpaired) electrons. The molecule has 0 saturated carbocycles. The lowest BCUT2D eigenvalue weighted by molar-refractivity contribution is 0.637. The highest BCUT2D eigenvalue weighted by Gasteiger charge is 1.92. The van der Waals surface area contributed by atoms with Gasteiger partial charge >= 0.3 is 0 Å². The second kappa shape index (κ2) is 26.0. The molecule has 0 aliphatic heterocycles. The summed E-state index contributed by atoms with van der Waals surface area (Å²) in [7, 11) is 0. The van der Waals surface area contributed by atoms with E-state index in [0.29, 0.717) is 0 Å². The molecule has 0 heterocycles. The van der Waals surface area contributed by atoms with Crippen molar-refractivity contribution in [3.8, 4) is 0 Å². The summed E-state index contributed by atoms with van der Waals surface area (Å²) in [6, 6.07) is 0. The maximum Gasteiger partial charge on any atom is 0.0415 e. The largest absolute Gasteiger partial charge is 0.389 e. The average molecular weight is 274 g/mol. The first-order valence-corrected chi connectivity index (χ1v) is 8.24. The summed E-state index contributed by atoms with van der Waals surface area (Å²) in [5, 5.41) is 3.30. The van der Waals surface area contributed by atoms with Crippen molar-refractivity contribution in [3.63, 3.8) is 0 Å². The van der Waals surface area contributed by atoms with Crippen molar-refractivity contribution < 1.29 is 0 Å². The number of unbranched alkanes of at least 4 members (excludes halogenated alkanes) is 4. The summed E-state index contributed by atoms with van der Waals surface area (Å²) in [6.45, 7) is 13.5. The van der Waals surface area contributed by atoms with E-state index in [1.54, 1.807) is 0 Å². The first-order valence-electron chi connectivity index (χ1n) is 8.24. The van der Waals surface area contributed by atoms with Crippen LogP contribution < -0.4 is 16.6 Å². The Labute approximate surface area is 122 Å². The lowest BCUT2D eigenvalue weighted by Gasteiger charge is -2.07. The van der Waals surface area contributed by atoms with Crippen molar-refractivity contribution in [2.24, 2.45) is 5.84 Å². The monoisotopic (exact) mass is 273 g/mol. The molecule has 0 aromatic heterocycles. The summed E-state index contributed by atoms with van der Waals surface area (Å²) in [6.07, 6.45) is 10.6. The number of hydrogen-bond acceptors (Lipinski definition) is 3. The number of rotatable bonds is 10. The fourth-order valence-corrected chi connectivity index (χ4v) is 1.40. The standard InChI is InChI=1S/C12H27N3.2C2H6/c1-3-5-7-8-10-14-11-12(15-13)9-6-4-2;2*1-2/h11,14-15H,3-10,13H2,1-2H3;2*1-2H3/b12-11-;;. The molecule has 0 spiro atoms. The summed E-state index contributed by atoms with van der Waals surface area (Å²) in [4.78, 5) is 0. The molecule has 0 aliphatic rings. The van der Waals surface area contributed by atoms with E-state index in [2.05, 4.69) is 24.6 Å². The van der Waals surface area contributed by atoms with Gasteiger partial charge in [-0.3, -0.25) is 5.84 Å². The van der Waals surface area contributed by atoms with Crippen LogP contribution in [0.2, 0.25) is 0 Å². The first kappa shape index (κ1) is 23.4. The zero-order valence-corrected chi connectivity index (χ0v) is 14.3. The van der Waals surface area contributed by atoms with Crippen LogP contribution in [0.1, 0.15) is 86.5 Å². The molecule has 19 heavy (non-hydrogen) atoms. The molecule has 118 valence electrons. The van der Waals surface area contributed by atoms with Gasteiger partial charge in [-0.15, -0.1) is 0 Å². The predicted molar refractivity (Wildman–Crippen MR) is 89.8 cm³/mol. The molecule has 0 atom stereocenters. The van der Waals surface area contributed by atoms with Crippen molar-refractivity contribution in [1.82, 2.24) is 10.7 Å². The fraction of sp³-hybridized carbons (Fsp3) is 0.875. The van der Waals surface area contributed by atoms with Crippen LogP contribution in [0.4, 0.5) is 0 Å². The quantitative estimate of drug-likeness (QED) is 0.307. The molecule has 0 fully saturated rings. The number of nitrogens with two attached hydrogens (primary N) is 1. The Morgan fingerprint density at radius 2 is 1.47 bits per heavy atom. The summed E-state index contributed by atoms with van der Waals surface area (Å²) >= 11 is 0. The van der Waals surface area contributed by atoms with Crippen molar-refractivity contribution in [1.29, 1.82) is 0 Å². The van der Waals surface area contributed by atoms with Crippen molar-refractivity contribution in [3.05, 3.63) is 11.9 Å². The van der Waals surface area contributed by atoms with E-state index in [-0.39, 0.29) is 0 Å². The number of allylic oxidation sites excluding steroid dienone is 1. The van der Waals surface area contributed by atoms with Gasteiger partial charge in [0.1, 0.15) is 0 Å². The molecular weight excluding hydrogens is 234 g/mol.